The van der Waals surface area contributed by atoms with Crippen molar-refractivity contribution < 1.29 is 9.47 Å². The van der Waals surface area contributed by atoms with Crippen LogP contribution in [0, 0.1) is 5.92 Å². The second-order valence-electron chi connectivity index (χ2n) is 7.29. The number of benzene rings is 1. The minimum absolute atomic E-state index is 0. The van der Waals surface area contributed by atoms with Gasteiger partial charge in [-0.2, -0.15) is 0 Å². The number of hydrogen-bond donors (Lipinski definition) is 2. The molecule has 1 aliphatic heterocycles. The molecule has 1 aromatic rings. The van der Waals surface area contributed by atoms with E-state index in [1.54, 1.807) is 7.11 Å². The van der Waals surface area contributed by atoms with Crippen molar-refractivity contribution in [1.82, 2.24) is 15.5 Å². The molecule has 1 heterocycles. The molecule has 0 aliphatic carbocycles. The molecule has 1 aromatic carbocycles. The number of halogens is 1. The molecular formula is C21H37IN4O2. The van der Waals surface area contributed by atoms with Crippen molar-refractivity contribution in [3.63, 3.8) is 0 Å². The van der Waals surface area contributed by atoms with Gasteiger partial charge in [-0.1, -0.05) is 26.0 Å². The molecule has 0 radical (unpaired) electrons. The molecule has 1 aliphatic rings. The van der Waals surface area contributed by atoms with E-state index in [-0.39, 0.29) is 24.0 Å². The predicted molar refractivity (Wildman–Crippen MR) is 127 cm³/mol. The average molecular weight is 504 g/mol. The highest BCUT2D eigenvalue weighted by atomic mass is 127. The molecule has 2 N–H and O–H groups in total. The van der Waals surface area contributed by atoms with Crippen molar-refractivity contribution in [1.29, 1.82) is 0 Å². The Balaban J connectivity index is 0.00000392. The molecule has 2 rings (SSSR count). The molecule has 1 unspecified atom stereocenters. The van der Waals surface area contributed by atoms with Crippen molar-refractivity contribution in [3.05, 3.63) is 29.8 Å². The van der Waals surface area contributed by atoms with Crippen LogP contribution in [0.15, 0.2) is 29.3 Å². The van der Waals surface area contributed by atoms with Crippen LogP contribution in [0.25, 0.3) is 0 Å². The van der Waals surface area contributed by atoms with Gasteiger partial charge in [0.15, 0.2) is 5.96 Å². The van der Waals surface area contributed by atoms with Crippen LogP contribution < -0.4 is 15.4 Å². The molecule has 160 valence electrons. The van der Waals surface area contributed by atoms with Crippen molar-refractivity contribution in [3.8, 4) is 5.75 Å². The second kappa shape index (κ2) is 14.0. The summed E-state index contributed by atoms with van der Waals surface area (Å²) in [6.07, 6.45) is 2.06. The minimum Gasteiger partial charge on any atom is -0.497 e. The van der Waals surface area contributed by atoms with Gasteiger partial charge >= 0.3 is 0 Å². The smallest absolute Gasteiger partial charge is 0.191 e. The fourth-order valence-electron chi connectivity index (χ4n) is 3.44. The molecule has 0 saturated carbocycles. The Morgan fingerprint density at radius 2 is 2.00 bits per heavy atom. The van der Waals surface area contributed by atoms with Gasteiger partial charge in [0, 0.05) is 39.3 Å². The van der Waals surface area contributed by atoms with Gasteiger partial charge in [0.05, 0.1) is 20.3 Å². The number of rotatable bonds is 9. The van der Waals surface area contributed by atoms with Crippen LogP contribution in [0.4, 0.5) is 0 Å². The number of nitrogens with one attached hydrogen (secondary N) is 2. The molecule has 0 aromatic heterocycles. The van der Waals surface area contributed by atoms with Crippen molar-refractivity contribution >= 4 is 29.9 Å². The first-order valence-electron chi connectivity index (χ1n) is 10.0. The molecule has 7 heteroatoms. The maximum Gasteiger partial charge on any atom is 0.191 e. The lowest BCUT2D eigenvalue weighted by atomic mass is 10.0. The van der Waals surface area contributed by atoms with E-state index in [0.717, 1.165) is 63.9 Å². The SMILES string of the molecule is CN=C(NCCCc1cccc(OC)c1)NCC(C(C)C)N1CCOCC1.I. The first-order chi connectivity index (χ1) is 13.1. The van der Waals surface area contributed by atoms with Gasteiger partial charge in [-0.25, -0.2) is 0 Å². The van der Waals surface area contributed by atoms with Crippen LogP contribution in [0.1, 0.15) is 25.8 Å². The summed E-state index contributed by atoms with van der Waals surface area (Å²) in [4.78, 5) is 6.89. The Bertz CT molecular complexity index is 577. The van der Waals surface area contributed by atoms with Crippen LogP contribution in [0.5, 0.6) is 5.75 Å². The summed E-state index contributed by atoms with van der Waals surface area (Å²) in [5, 5.41) is 6.93. The summed E-state index contributed by atoms with van der Waals surface area (Å²) >= 11 is 0. The number of ether oxygens (including phenoxy) is 2. The molecule has 6 nitrogen and oxygen atoms in total. The molecule has 0 spiro atoms. The lowest BCUT2D eigenvalue weighted by Gasteiger charge is -2.37. The highest BCUT2D eigenvalue weighted by Crippen LogP contribution is 2.14. The molecule has 0 bridgehead atoms. The number of hydrogen-bond acceptors (Lipinski definition) is 4. The van der Waals surface area contributed by atoms with E-state index in [1.165, 1.54) is 5.56 Å². The fourth-order valence-corrected chi connectivity index (χ4v) is 3.44. The van der Waals surface area contributed by atoms with Crippen LogP contribution in [-0.2, 0) is 11.2 Å². The van der Waals surface area contributed by atoms with E-state index in [0.29, 0.717) is 12.0 Å². The third-order valence-electron chi connectivity index (χ3n) is 5.06. The number of aliphatic imine (C=N–C) groups is 1. The van der Waals surface area contributed by atoms with Gasteiger partial charge in [-0.15, -0.1) is 24.0 Å². The number of guanidine groups is 1. The largest absolute Gasteiger partial charge is 0.497 e. The predicted octanol–water partition coefficient (Wildman–Crippen LogP) is 2.77. The van der Waals surface area contributed by atoms with Gasteiger partial charge in [0.25, 0.3) is 0 Å². The topological polar surface area (TPSA) is 58.1 Å². The van der Waals surface area contributed by atoms with E-state index in [1.807, 2.05) is 19.2 Å². The summed E-state index contributed by atoms with van der Waals surface area (Å²) in [7, 11) is 3.54. The highest BCUT2D eigenvalue weighted by Gasteiger charge is 2.23. The van der Waals surface area contributed by atoms with Gasteiger partial charge in [-0.3, -0.25) is 9.89 Å². The molecule has 1 saturated heterocycles. The van der Waals surface area contributed by atoms with Gasteiger partial charge < -0.3 is 20.1 Å². The Morgan fingerprint density at radius 1 is 1.25 bits per heavy atom. The molecule has 1 atom stereocenters. The number of aryl methyl sites for hydroxylation is 1. The maximum atomic E-state index is 5.49. The molecule has 0 amide bonds. The molecule has 28 heavy (non-hydrogen) atoms. The van der Waals surface area contributed by atoms with Crippen LogP contribution in [0.3, 0.4) is 0 Å². The third-order valence-corrected chi connectivity index (χ3v) is 5.06. The van der Waals surface area contributed by atoms with Crippen molar-refractivity contribution in [2.24, 2.45) is 10.9 Å². The van der Waals surface area contributed by atoms with E-state index < -0.39 is 0 Å². The number of methoxy groups -OCH3 is 1. The Labute approximate surface area is 187 Å². The summed E-state index contributed by atoms with van der Waals surface area (Å²) in [6, 6.07) is 8.75. The normalized spacial score (nSPS) is 16.4. The first-order valence-corrected chi connectivity index (χ1v) is 10.0. The summed E-state index contributed by atoms with van der Waals surface area (Å²) < 4.78 is 10.8. The lowest BCUT2D eigenvalue weighted by molar-refractivity contribution is 0.00752. The quantitative estimate of drug-likeness (QED) is 0.235. The van der Waals surface area contributed by atoms with Crippen LogP contribution >= 0.6 is 24.0 Å². The summed E-state index contributed by atoms with van der Waals surface area (Å²) in [5.74, 6) is 2.38. The lowest BCUT2D eigenvalue weighted by Crippen LogP contribution is -2.52. The summed E-state index contributed by atoms with van der Waals surface area (Å²) in [5.41, 5.74) is 1.30. The third kappa shape index (κ3) is 8.53. The van der Waals surface area contributed by atoms with Crippen molar-refractivity contribution in [2.75, 3.05) is 53.6 Å². The Morgan fingerprint density at radius 3 is 2.64 bits per heavy atom. The van der Waals surface area contributed by atoms with Gasteiger partial charge in [0.1, 0.15) is 5.75 Å². The zero-order valence-corrected chi connectivity index (χ0v) is 20.1. The number of nitrogens with zero attached hydrogens (tertiary/aromatic N) is 2. The zero-order chi connectivity index (χ0) is 19.5. The maximum absolute atomic E-state index is 5.49. The first kappa shape index (κ1) is 25.0. The summed E-state index contributed by atoms with van der Waals surface area (Å²) in [6.45, 7) is 10.0. The molecular weight excluding hydrogens is 467 g/mol. The average Bonchev–Trinajstić information content (AvgIpc) is 2.70. The second-order valence-corrected chi connectivity index (χ2v) is 7.29. The van der Waals surface area contributed by atoms with Gasteiger partial charge in [0.2, 0.25) is 0 Å². The van der Waals surface area contributed by atoms with Crippen LogP contribution in [0.2, 0.25) is 0 Å². The van der Waals surface area contributed by atoms with E-state index in [4.69, 9.17) is 9.47 Å². The number of morpholine rings is 1. The monoisotopic (exact) mass is 504 g/mol. The highest BCUT2D eigenvalue weighted by molar-refractivity contribution is 14.0. The Kier molecular flexibility index (Phi) is 12.5. The van der Waals surface area contributed by atoms with Crippen molar-refractivity contribution in [2.45, 2.75) is 32.7 Å². The van der Waals surface area contributed by atoms with Gasteiger partial charge in [-0.05, 0) is 36.5 Å². The van der Waals surface area contributed by atoms with E-state index >= 15 is 0 Å². The van der Waals surface area contributed by atoms with E-state index in [9.17, 15) is 0 Å². The van der Waals surface area contributed by atoms with Crippen LogP contribution in [-0.4, -0.2) is 70.5 Å². The minimum atomic E-state index is 0. The fraction of sp³-hybridized carbons (Fsp3) is 0.667. The Hall–Kier alpha value is -1.06. The standard InChI is InChI=1S/C21H36N4O2.HI/c1-17(2)20(25-11-13-27-14-12-25)16-24-21(22-3)23-10-6-8-18-7-5-9-19(15-18)26-4;/h5,7,9,15,17,20H,6,8,10-14,16H2,1-4H3,(H2,22,23,24);1H. The zero-order valence-electron chi connectivity index (χ0n) is 17.7. The van der Waals surface area contributed by atoms with E-state index in [2.05, 4.69) is 46.5 Å². The molecule has 1 fully saturated rings.